The highest BCUT2D eigenvalue weighted by molar-refractivity contribution is 5.92. The molecule has 3 N–H and O–H groups in total. The van der Waals surface area contributed by atoms with Crippen LogP contribution in [0, 0.1) is 5.41 Å². The van der Waals surface area contributed by atoms with Crippen molar-refractivity contribution in [2.45, 2.75) is 52.7 Å². The van der Waals surface area contributed by atoms with Gasteiger partial charge in [0.25, 0.3) is 0 Å². The maximum absolute atomic E-state index is 13.2. The molecule has 2 rings (SSSR count). The van der Waals surface area contributed by atoms with Crippen LogP contribution in [0.2, 0.25) is 0 Å². The third kappa shape index (κ3) is 4.11. The summed E-state index contributed by atoms with van der Waals surface area (Å²) in [6.45, 7) is 9.85. The monoisotopic (exact) mass is 389 g/mol. The summed E-state index contributed by atoms with van der Waals surface area (Å²) in [5, 5.41) is 2.63. The van der Waals surface area contributed by atoms with Crippen LogP contribution in [0.15, 0.2) is 29.1 Å². The Morgan fingerprint density at radius 2 is 1.64 bits per heavy atom. The zero-order chi connectivity index (χ0) is 21.4. The number of likely N-dealkylation sites (N-methyl/N-ethyl adjacent to an activating group) is 1. The molecule has 0 aliphatic carbocycles. The molecule has 1 atom stereocenters. The second-order valence-electron chi connectivity index (χ2n) is 9.05. The van der Waals surface area contributed by atoms with Crippen molar-refractivity contribution in [2.75, 3.05) is 14.1 Å². The minimum Gasteiger partial charge on any atom is -0.368 e. The molecule has 28 heavy (non-hydrogen) atoms. The quantitative estimate of drug-likeness (QED) is 0.811. The first-order valence-corrected chi connectivity index (χ1v) is 9.25. The van der Waals surface area contributed by atoms with Crippen LogP contribution in [0.5, 0.6) is 0 Å². The van der Waals surface area contributed by atoms with Gasteiger partial charge in [-0.3, -0.25) is 9.36 Å². The molecule has 1 heterocycles. The van der Waals surface area contributed by atoms with E-state index < -0.39 is 29.1 Å². The Morgan fingerprint density at radius 3 is 2.11 bits per heavy atom. The van der Waals surface area contributed by atoms with Crippen molar-refractivity contribution in [3.63, 3.8) is 0 Å². The zero-order valence-electron chi connectivity index (χ0n) is 17.7. The predicted octanol–water partition coefficient (Wildman–Crippen LogP) is 1.60. The van der Waals surface area contributed by atoms with E-state index >= 15 is 0 Å². The van der Waals surface area contributed by atoms with Gasteiger partial charge in [0, 0.05) is 12.1 Å². The van der Waals surface area contributed by atoms with Crippen LogP contribution in [0.3, 0.4) is 0 Å². The maximum atomic E-state index is 13.2. The summed E-state index contributed by atoms with van der Waals surface area (Å²) in [6, 6.07) is 5.54. The maximum Gasteiger partial charge on any atom is 0.337 e. The number of para-hydroxylation sites is 2. The van der Waals surface area contributed by atoms with E-state index in [0.29, 0.717) is 17.6 Å². The lowest BCUT2D eigenvalue weighted by atomic mass is 9.86. The van der Waals surface area contributed by atoms with Crippen molar-refractivity contribution in [3.05, 3.63) is 34.7 Å². The average molecular weight is 390 g/mol. The molecule has 8 nitrogen and oxygen atoms in total. The Bertz CT molecular complexity index is 947. The largest absolute Gasteiger partial charge is 0.368 e. The molecule has 0 aliphatic rings. The molecule has 0 saturated carbocycles. The molecule has 0 bridgehead atoms. The van der Waals surface area contributed by atoms with Crippen LogP contribution in [0.1, 0.15) is 34.6 Å². The lowest BCUT2D eigenvalue weighted by molar-refractivity contribution is -0.122. The number of rotatable bonds is 5. The molecule has 1 aromatic heterocycles. The first kappa shape index (κ1) is 21.7. The number of carbonyl (C=O) groups is 2. The molecule has 8 heteroatoms. The average Bonchev–Trinajstić information content (AvgIpc) is 2.83. The van der Waals surface area contributed by atoms with Crippen molar-refractivity contribution in [2.24, 2.45) is 11.1 Å². The molecule has 0 radical (unpaired) electrons. The fourth-order valence-corrected chi connectivity index (χ4v) is 2.99. The minimum absolute atomic E-state index is 0.309. The molecule has 2 amide bonds. The van der Waals surface area contributed by atoms with E-state index in [0.717, 1.165) is 4.57 Å². The van der Waals surface area contributed by atoms with Crippen molar-refractivity contribution in [1.29, 1.82) is 0 Å². The fraction of sp³-hybridized carbons (Fsp3) is 0.550. The summed E-state index contributed by atoms with van der Waals surface area (Å²) in [7, 11) is 3.88. The fourth-order valence-electron chi connectivity index (χ4n) is 2.99. The number of carbonyl (C=O) groups excluding carboxylic acids is 2. The number of benzene rings is 1. The molecule has 0 fully saturated rings. The van der Waals surface area contributed by atoms with E-state index in [-0.39, 0.29) is 5.54 Å². The molecule has 0 aliphatic heterocycles. The van der Waals surface area contributed by atoms with Crippen LogP contribution >= 0.6 is 0 Å². The third-order valence-electron chi connectivity index (χ3n) is 5.21. The Kier molecular flexibility index (Phi) is 5.75. The van der Waals surface area contributed by atoms with Crippen molar-refractivity contribution >= 4 is 23.0 Å². The first-order chi connectivity index (χ1) is 12.8. The highest BCUT2D eigenvalue weighted by atomic mass is 16.2. The molecule has 154 valence electrons. The van der Waals surface area contributed by atoms with Gasteiger partial charge in [-0.2, -0.15) is 0 Å². The SMILES string of the molecule is CN(C)C(C)(C)Cn1c(=O)n(C(=O)N[C@H](C(N)=O)C(C)(C)C)c2ccccc21. The smallest absolute Gasteiger partial charge is 0.337 e. The summed E-state index contributed by atoms with van der Waals surface area (Å²) < 4.78 is 2.66. The van der Waals surface area contributed by atoms with Crippen molar-refractivity contribution < 1.29 is 9.59 Å². The van der Waals surface area contributed by atoms with E-state index in [4.69, 9.17) is 5.73 Å². The standard InChI is InChI=1S/C20H31N5O3/c1-19(2,3)15(16(21)26)22-17(27)25-14-11-9-8-10-13(14)24(18(25)28)12-20(4,5)23(6)7/h8-11,15H,12H2,1-7H3,(H2,21,26)(H,22,27)/t15-/m1/s1. The number of primary amides is 1. The number of hydrogen-bond donors (Lipinski definition) is 2. The van der Waals surface area contributed by atoms with Crippen LogP contribution in [0.25, 0.3) is 11.0 Å². The van der Waals surface area contributed by atoms with Gasteiger partial charge in [0.15, 0.2) is 0 Å². The Morgan fingerprint density at radius 1 is 1.11 bits per heavy atom. The van der Waals surface area contributed by atoms with E-state index in [1.165, 1.54) is 0 Å². The van der Waals surface area contributed by atoms with Crippen molar-refractivity contribution in [1.82, 2.24) is 19.4 Å². The number of amides is 2. The molecule has 0 spiro atoms. The predicted molar refractivity (Wildman–Crippen MR) is 110 cm³/mol. The third-order valence-corrected chi connectivity index (χ3v) is 5.21. The van der Waals surface area contributed by atoms with Gasteiger partial charge in [-0.15, -0.1) is 0 Å². The summed E-state index contributed by atoms with van der Waals surface area (Å²) in [5.74, 6) is -0.647. The molecular weight excluding hydrogens is 358 g/mol. The van der Waals surface area contributed by atoms with Gasteiger partial charge in [-0.05, 0) is 45.5 Å². The first-order valence-electron chi connectivity index (χ1n) is 9.25. The Balaban J connectivity index is 2.57. The van der Waals surface area contributed by atoms with Gasteiger partial charge in [0.1, 0.15) is 6.04 Å². The van der Waals surface area contributed by atoms with Gasteiger partial charge in [-0.25, -0.2) is 14.2 Å². The number of hydrogen-bond acceptors (Lipinski definition) is 4. The normalized spacial score (nSPS) is 13.7. The van der Waals surface area contributed by atoms with Crippen LogP contribution in [-0.2, 0) is 11.3 Å². The second-order valence-corrected chi connectivity index (χ2v) is 9.05. The highest BCUT2D eigenvalue weighted by Gasteiger charge is 2.33. The summed E-state index contributed by atoms with van der Waals surface area (Å²) >= 11 is 0. The Hall–Kier alpha value is -2.61. The van der Waals surface area contributed by atoms with Gasteiger partial charge in [0.2, 0.25) is 5.91 Å². The van der Waals surface area contributed by atoms with Gasteiger partial charge in [0.05, 0.1) is 11.0 Å². The molecule has 0 saturated heterocycles. The summed E-state index contributed by atoms with van der Waals surface area (Å²) in [4.78, 5) is 40.0. The Labute approximate surface area is 165 Å². The number of nitrogens with zero attached hydrogens (tertiary/aromatic N) is 3. The van der Waals surface area contributed by atoms with Crippen LogP contribution in [0.4, 0.5) is 4.79 Å². The van der Waals surface area contributed by atoms with E-state index in [1.54, 1.807) is 37.5 Å². The lowest BCUT2D eigenvalue weighted by Gasteiger charge is -2.32. The van der Waals surface area contributed by atoms with E-state index in [1.807, 2.05) is 45.0 Å². The number of nitrogens with two attached hydrogens (primary N) is 1. The number of fused-ring (bicyclic) bond motifs is 1. The highest BCUT2D eigenvalue weighted by Crippen LogP contribution is 2.21. The number of aromatic nitrogens is 2. The summed E-state index contributed by atoms with van der Waals surface area (Å²) in [6.07, 6.45) is 0. The van der Waals surface area contributed by atoms with E-state index in [9.17, 15) is 14.4 Å². The second kappa shape index (κ2) is 7.43. The van der Waals surface area contributed by atoms with Crippen LogP contribution < -0.4 is 16.7 Å². The lowest BCUT2D eigenvalue weighted by Crippen LogP contribution is -2.54. The number of nitrogens with one attached hydrogen (secondary N) is 1. The zero-order valence-corrected chi connectivity index (χ0v) is 17.7. The van der Waals surface area contributed by atoms with E-state index in [2.05, 4.69) is 5.32 Å². The minimum atomic E-state index is -0.910. The van der Waals surface area contributed by atoms with Crippen LogP contribution in [-0.4, -0.2) is 51.6 Å². The molecule has 1 aromatic carbocycles. The van der Waals surface area contributed by atoms with Gasteiger partial charge >= 0.3 is 11.7 Å². The van der Waals surface area contributed by atoms with Crippen molar-refractivity contribution in [3.8, 4) is 0 Å². The molecular formula is C20H31N5O3. The molecule has 2 aromatic rings. The molecule has 0 unspecified atom stereocenters. The van der Waals surface area contributed by atoms with Gasteiger partial charge < -0.3 is 16.0 Å². The number of imidazole rings is 1. The summed E-state index contributed by atoms with van der Waals surface area (Å²) in [5.41, 5.74) is 5.26. The van der Waals surface area contributed by atoms with Gasteiger partial charge in [-0.1, -0.05) is 32.9 Å². The topological polar surface area (TPSA) is 102 Å².